The molecule has 164 valence electrons. The number of benzene rings is 1. The van der Waals surface area contributed by atoms with Crippen molar-refractivity contribution in [3.8, 4) is 0 Å². The van der Waals surface area contributed by atoms with E-state index >= 15 is 0 Å². The molecule has 0 aliphatic carbocycles. The highest BCUT2D eigenvalue weighted by Crippen LogP contribution is 2.34. The molecule has 31 heavy (non-hydrogen) atoms. The average Bonchev–Trinajstić information content (AvgIpc) is 2.80. The van der Waals surface area contributed by atoms with Gasteiger partial charge < -0.3 is 10.2 Å². The van der Waals surface area contributed by atoms with Crippen molar-refractivity contribution in [1.82, 2.24) is 15.3 Å². The minimum Gasteiger partial charge on any atom is -0.359 e. The van der Waals surface area contributed by atoms with E-state index in [2.05, 4.69) is 21.9 Å². The smallest absolute Gasteiger partial charge is 0.227 e. The highest BCUT2D eigenvalue weighted by molar-refractivity contribution is 5.83. The van der Waals surface area contributed by atoms with Crippen molar-refractivity contribution >= 4 is 18.1 Å². The number of halogens is 2. The van der Waals surface area contributed by atoms with Crippen LogP contribution in [0.2, 0.25) is 0 Å². The molecule has 3 rings (SSSR count). The molecule has 2 aromatic rings. The predicted molar refractivity (Wildman–Crippen MR) is 114 cm³/mol. The Bertz CT molecular complexity index is 918. The van der Waals surface area contributed by atoms with Crippen LogP contribution in [0.25, 0.3) is 0 Å². The van der Waals surface area contributed by atoms with Crippen molar-refractivity contribution in [2.24, 2.45) is 0 Å². The third-order valence-corrected chi connectivity index (χ3v) is 5.72. The lowest BCUT2D eigenvalue weighted by Gasteiger charge is -2.32. The molecule has 8 heteroatoms. The molecule has 0 saturated carbocycles. The van der Waals surface area contributed by atoms with Crippen molar-refractivity contribution in [2.75, 3.05) is 25.0 Å². The molecule has 2 heterocycles. The van der Waals surface area contributed by atoms with Crippen LogP contribution in [-0.2, 0) is 4.79 Å². The molecule has 0 bridgehead atoms. The number of nitrogens with one attached hydrogen (secondary N) is 1. The maximum Gasteiger partial charge on any atom is 0.227 e. The quantitative estimate of drug-likeness (QED) is 0.512. The fraction of sp³-hybridized carbons (Fsp3) is 0.391. The molecule has 1 aliphatic rings. The van der Waals surface area contributed by atoms with Crippen LogP contribution in [0, 0.1) is 11.6 Å². The van der Waals surface area contributed by atoms with Crippen LogP contribution in [0.3, 0.4) is 0 Å². The summed E-state index contributed by atoms with van der Waals surface area (Å²) in [4.78, 5) is 33.3. The Hall–Kier alpha value is -3.16. The number of carbonyl (C=O) groups is 2. The van der Waals surface area contributed by atoms with E-state index in [9.17, 15) is 18.4 Å². The Morgan fingerprint density at radius 3 is 2.39 bits per heavy atom. The summed E-state index contributed by atoms with van der Waals surface area (Å²) >= 11 is 0. The molecule has 1 fully saturated rings. The maximum atomic E-state index is 14.9. The fourth-order valence-electron chi connectivity index (χ4n) is 4.01. The number of likely N-dealkylation sites (N-methyl/N-ethyl adjacent to an activating group) is 1. The first-order valence-electron chi connectivity index (χ1n) is 10.3. The van der Waals surface area contributed by atoms with Crippen LogP contribution in [0.5, 0.6) is 0 Å². The molecular formula is C23H26F2N4O2. The van der Waals surface area contributed by atoms with Crippen LogP contribution in [-0.4, -0.2) is 42.3 Å². The van der Waals surface area contributed by atoms with Crippen LogP contribution in [0.4, 0.5) is 14.7 Å². The van der Waals surface area contributed by atoms with Gasteiger partial charge in [0.25, 0.3) is 0 Å². The van der Waals surface area contributed by atoms with E-state index in [0.717, 1.165) is 0 Å². The van der Waals surface area contributed by atoms with Crippen molar-refractivity contribution in [1.29, 1.82) is 0 Å². The third-order valence-electron chi connectivity index (χ3n) is 5.72. The number of piperidine rings is 1. The molecule has 1 aliphatic heterocycles. The van der Waals surface area contributed by atoms with Crippen molar-refractivity contribution in [2.45, 2.75) is 37.5 Å². The fourth-order valence-corrected chi connectivity index (χ4v) is 4.01. The first-order valence-corrected chi connectivity index (χ1v) is 10.3. The Labute approximate surface area is 180 Å². The van der Waals surface area contributed by atoms with E-state index in [-0.39, 0.29) is 17.9 Å². The van der Waals surface area contributed by atoms with Gasteiger partial charge in [-0.3, -0.25) is 9.59 Å². The number of amides is 1. The summed E-state index contributed by atoms with van der Waals surface area (Å²) in [5.41, 5.74) is 0.814. The van der Waals surface area contributed by atoms with Gasteiger partial charge in [0, 0.05) is 38.1 Å². The van der Waals surface area contributed by atoms with Crippen molar-refractivity contribution < 1.29 is 18.4 Å². The molecule has 1 aromatic heterocycles. The number of nitrogens with zero attached hydrogens (tertiary/aromatic N) is 3. The molecule has 1 N–H and O–H groups in total. The SMILES string of the molecule is C=CCCC(C(=O)NC)c1c(F)cc(C2CCN(c3ncc(C=O)cn3)CC2)cc1F. The second-order valence-electron chi connectivity index (χ2n) is 7.63. The molecule has 1 atom stereocenters. The van der Waals surface area contributed by atoms with Gasteiger partial charge in [0.15, 0.2) is 6.29 Å². The van der Waals surface area contributed by atoms with Crippen molar-refractivity contribution in [3.05, 3.63) is 65.5 Å². The van der Waals surface area contributed by atoms with E-state index in [1.165, 1.54) is 31.6 Å². The average molecular weight is 428 g/mol. The number of hydrogen-bond acceptors (Lipinski definition) is 5. The number of anilines is 1. The van der Waals surface area contributed by atoms with Gasteiger partial charge in [-0.05, 0) is 49.3 Å². The van der Waals surface area contributed by atoms with E-state index in [4.69, 9.17) is 0 Å². The zero-order valence-corrected chi connectivity index (χ0v) is 17.5. The standard InChI is InChI=1S/C23H26F2N4O2/c1-3-4-5-18(22(31)26-2)21-19(24)10-17(11-20(21)25)16-6-8-29(9-7-16)23-27-12-15(14-30)13-28-23/h3,10-14,16,18H,1,4-9H2,2H3,(H,26,31). The van der Waals surface area contributed by atoms with Crippen LogP contribution in [0.15, 0.2) is 37.2 Å². The predicted octanol–water partition coefficient (Wildman–Crippen LogP) is 3.75. The summed E-state index contributed by atoms with van der Waals surface area (Å²) in [6.45, 7) is 4.89. The summed E-state index contributed by atoms with van der Waals surface area (Å²) < 4.78 is 29.9. The number of carbonyl (C=O) groups excluding carboxylic acids is 2. The number of aromatic nitrogens is 2. The summed E-state index contributed by atoms with van der Waals surface area (Å²) in [5.74, 6) is -2.17. The van der Waals surface area contributed by atoms with E-state index in [1.807, 2.05) is 4.90 Å². The first kappa shape index (κ1) is 22.5. The van der Waals surface area contributed by atoms with Gasteiger partial charge in [0.2, 0.25) is 11.9 Å². The molecule has 1 saturated heterocycles. The normalized spacial score (nSPS) is 15.4. The largest absolute Gasteiger partial charge is 0.359 e. The Morgan fingerprint density at radius 1 is 1.26 bits per heavy atom. The Balaban J connectivity index is 1.74. The van der Waals surface area contributed by atoms with Crippen LogP contribution >= 0.6 is 0 Å². The number of aldehydes is 1. The van der Waals surface area contributed by atoms with Gasteiger partial charge in [0.1, 0.15) is 11.6 Å². The van der Waals surface area contributed by atoms with E-state index < -0.39 is 23.5 Å². The second-order valence-corrected chi connectivity index (χ2v) is 7.63. The van der Waals surface area contributed by atoms with Gasteiger partial charge in [-0.15, -0.1) is 6.58 Å². The van der Waals surface area contributed by atoms with Gasteiger partial charge in [0.05, 0.1) is 11.5 Å². The monoisotopic (exact) mass is 428 g/mol. The molecular weight excluding hydrogens is 402 g/mol. The van der Waals surface area contributed by atoms with E-state index in [0.29, 0.717) is 55.7 Å². The van der Waals surface area contributed by atoms with Crippen molar-refractivity contribution in [3.63, 3.8) is 0 Å². The molecule has 0 radical (unpaired) electrons. The number of allylic oxidation sites excluding steroid dienone is 1. The molecule has 0 spiro atoms. The third kappa shape index (κ3) is 5.13. The molecule has 6 nitrogen and oxygen atoms in total. The van der Waals surface area contributed by atoms with Gasteiger partial charge in [-0.1, -0.05) is 6.08 Å². The first-order chi connectivity index (χ1) is 15.0. The second kappa shape index (κ2) is 10.2. The lowest BCUT2D eigenvalue weighted by atomic mass is 9.86. The zero-order valence-electron chi connectivity index (χ0n) is 17.5. The highest BCUT2D eigenvalue weighted by Gasteiger charge is 2.29. The lowest BCUT2D eigenvalue weighted by Crippen LogP contribution is -2.34. The number of hydrogen-bond donors (Lipinski definition) is 1. The lowest BCUT2D eigenvalue weighted by molar-refractivity contribution is -0.122. The van der Waals surface area contributed by atoms with Gasteiger partial charge in [-0.25, -0.2) is 18.7 Å². The zero-order chi connectivity index (χ0) is 22.4. The number of rotatable bonds is 8. The van der Waals surface area contributed by atoms with E-state index in [1.54, 1.807) is 6.08 Å². The molecule has 1 aromatic carbocycles. The minimum absolute atomic E-state index is 0.00447. The summed E-state index contributed by atoms with van der Waals surface area (Å²) in [6.07, 6.45) is 7.41. The van der Waals surface area contributed by atoms with Crippen LogP contribution in [0.1, 0.15) is 59.0 Å². The Morgan fingerprint density at radius 2 is 1.87 bits per heavy atom. The Kier molecular flexibility index (Phi) is 7.44. The highest BCUT2D eigenvalue weighted by atomic mass is 19.1. The molecule has 1 unspecified atom stereocenters. The summed E-state index contributed by atoms with van der Waals surface area (Å²) in [6, 6.07) is 2.72. The summed E-state index contributed by atoms with van der Waals surface area (Å²) in [7, 11) is 1.46. The minimum atomic E-state index is -0.898. The van der Waals surface area contributed by atoms with Crippen LogP contribution < -0.4 is 10.2 Å². The topological polar surface area (TPSA) is 75.2 Å². The van der Waals surface area contributed by atoms with Gasteiger partial charge in [-0.2, -0.15) is 0 Å². The van der Waals surface area contributed by atoms with Gasteiger partial charge >= 0.3 is 0 Å². The summed E-state index contributed by atoms with van der Waals surface area (Å²) in [5, 5.41) is 2.49. The molecule has 1 amide bonds. The maximum absolute atomic E-state index is 14.9.